The quantitative estimate of drug-likeness (QED) is 0.598. The van der Waals surface area contributed by atoms with E-state index in [9.17, 15) is 26.4 Å². The Morgan fingerprint density at radius 1 is 0.903 bits per heavy atom. The predicted octanol–water partition coefficient (Wildman–Crippen LogP) is 4.63. The van der Waals surface area contributed by atoms with Crippen LogP contribution < -0.4 is 10.0 Å². The van der Waals surface area contributed by atoms with Crippen molar-refractivity contribution in [3.05, 3.63) is 89.5 Å². The molecule has 1 amide bonds. The number of sulfonamides is 1. The summed E-state index contributed by atoms with van der Waals surface area (Å²) in [5.41, 5.74) is -0.318. The molecule has 158 valence electrons. The van der Waals surface area contributed by atoms with Gasteiger partial charge in [-0.2, -0.15) is 18.4 Å². The van der Waals surface area contributed by atoms with Crippen molar-refractivity contribution in [1.29, 1.82) is 5.26 Å². The Labute approximate surface area is 176 Å². The molecule has 3 rings (SSSR count). The van der Waals surface area contributed by atoms with E-state index in [2.05, 4.69) is 10.0 Å². The molecule has 3 aromatic rings. The Balaban J connectivity index is 1.75. The van der Waals surface area contributed by atoms with Crippen LogP contribution in [0.4, 0.5) is 24.5 Å². The van der Waals surface area contributed by atoms with Crippen molar-refractivity contribution in [3.63, 3.8) is 0 Å². The van der Waals surface area contributed by atoms with Crippen molar-refractivity contribution < 1.29 is 26.4 Å². The molecule has 0 aromatic heterocycles. The number of alkyl halides is 3. The number of carbonyl (C=O) groups excluding carboxylic acids is 1. The van der Waals surface area contributed by atoms with Crippen LogP contribution in [0.5, 0.6) is 0 Å². The molecule has 10 heteroatoms. The standard InChI is InChI=1S/C21H14F3N3O3S/c22-21(23,24)16-4-2-6-18(12-16)27-31(29,30)19-9-7-15(8-10-19)20(28)26-17-5-1-3-14(11-17)13-25/h1-12,27H,(H,26,28). The van der Waals surface area contributed by atoms with Crippen molar-refractivity contribution >= 4 is 27.3 Å². The highest BCUT2D eigenvalue weighted by Gasteiger charge is 2.30. The molecular formula is C21H14F3N3O3S. The van der Waals surface area contributed by atoms with E-state index in [0.29, 0.717) is 17.3 Å². The van der Waals surface area contributed by atoms with Gasteiger partial charge < -0.3 is 5.32 Å². The molecule has 0 saturated heterocycles. The molecule has 31 heavy (non-hydrogen) atoms. The van der Waals surface area contributed by atoms with E-state index in [1.54, 1.807) is 18.2 Å². The molecule has 0 saturated carbocycles. The molecule has 0 aliphatic carbocycles. The summed E-state index contributed by atoms with van der Waals surface area (Å²) in [6, 6.07) is 16.9. The molecule has 0 radical (unpaired) electrons. The minimum atomic E-state index is -4.61. The van der Waals surface area contributed by atoms with Gasteiger partial charge in [0.2, 0.25) is 0 Å². The van der Waals surface area contributed by atoms with Gasteiger partial charge in [-0.3, -0.25) is 9.52 Å². The van der Waals surface area contributed by atoms with Crippen LogP contribution >= 0.6 is 0 Å². The van der Waals surface area contributed by atoms with Gasteiger partial charge in [0.1, 0.15) is 0 Å². The first-order chi connectivity index (χ1) is 14.6. The van der Waals surface area contributed by atoms with Gasteiger partial charge in [0, 0.05) is 16.9 Å². The fourth-order valence-electron chi connectivity index (χ4n) is 2.63. The van der Waals surface area contributed by atoms with Crippen LogP contribution in [0.1, 0.15) is 21.5 Å². The monoisotopic (exact) mass is 445 g/mol. The lowest BCUT2D eigenvalue weighted by Crippen LogP contribution is -2.15. The van der Waals surface area contributed by atoms with E-state index >= 15 is 0 Å². The number of nitrogens with zero attached hydrogens (tertiary/aromatic N) is 1. The van der Waals surface area contributed by atoms with E-state index in [0.717, 1.165) is 24.3 Å². The number of rotatable bonds is 5. The van der Waals surface area contributed by atoms with Crippen LogP contribution in [-0.4, -0.2) is 14.3 Å². The first-order valence-electron chi connectivity index (χ1n) is 8.70. The molecule has 0 aliphatic rings. The Morgan fingerprint density at radius 2 is 1.55 bits per heavy atom. The van der Waals surface area contributed by atoms with E-state index < -0.39 is 27.7 Å². The summed E-state index contributed by atoms with van der Waals surface area (Å²) >= 11 is 0. The number of amides is 1. The average molecular weight is 445 g/mol. The summed E-state index contributed by atoms with van der Waals surface area (Å²) in [5, 5.41) is 11.5. The fourth-order valence-corrected chi connectivity index (χ4v) is 3.68. The molecule has 0 unspecified atom stereocenters. The fraction of sp³-hybridized carbons (Fsp3) is 0.0476. The summed E-state index contributed by atoms with van der Waals surface area (Å²) < 4.78 is 65.5. The SMILES string of the molecule is N#Cc1cccc(NC(=O)c2ccc(S(=O)(=O)Nc3cccc(C(F)(F)F)c3)cc2)c1. The van der Waals surface area contributed by atoms with Crippen LogP contribution in [0.3, 0.4) is 0 Å². The second-order valence-corrected chi connectivity index (χ2v) is 8.04. The highest BCUT2D eigenvalue weighted by Crippen LogP contribution is 2.31. The highest BCUT2D eigenvalue weighted by molar-refractivity contribution is 7.92. The molecule has 6 nitrogen and oxygen atoms in total. The number of carbonyl (C=O) groups is 1. The first kappa shape index (κ1) is 21.9. The maximum absolute atomic E-state index is 12.8. The van der Waals surface area contributed by atoms with Crippen molar-refractivity contribution in [2.45, 2.75) is 11.1 Å². The van der Waals surface area contributed by atoms with Crippen LogP contribution in [0.15, 0.2) is 77.7 Å². The number of halogens is 3. The van der Waals surface area contributed by atoms with Crippen molar-refractivity contribution in [2.75, 3.05) is 10.0 Å². The molecule has 0 heterocycles. The van der Waals surface area contributed by atoms with Crippen LogP contribution in [0.25, 0.3) is 0 Å². The maximum Gasteiger partial charge on any atom is 0.416 e. The molecule has 0 fully saturated rings. The molecule has 3 aromatic carbocycles. The Bertz CT molecular complexity index is 1270. The Hall–Kier alpha value is -3.84. The minimum Gasteiger partial charge on any atom is -0.322 e. The van der Waals surface area contributed by atoms with Gasteiger partial charge in [-0.1, -0.05) is 12.1 Å². The van der Waals surface area contributed by atoms with Gasteiger partial charge in [0.25, 0.3) is 15.9 Å². The minimum absolute atomic E-state index is 0.153. The van der Waals surface area contributed by atoms with E-state index in [4.69, 9.17) is 5.26 Å². The largest absolute Gasteiger partial charge is 0.416 e. The molecule has 0 spiro atoms. The first-order valence-corrected chi connectivity index (χ1v) is 10.2. The molecule has 0 bridgehead atoms. The molecular weight excluding hydrogens is 431 g/mol. The zero-order valence-electron chi connectivity index (χ0n) is 15.6. The van der Waals surface area contributed by atoms with E-state index in [-0.39, 0.29) is 16.1 Å². The highest BCUT2D eigenvalue weighted by atomic mass is 32.2. The number of nitrogens with one attached hydrogen (secondary N) is 2. The average Bonchev–Trinajstić information content (AvgIpc) is 2.73. The zero-order valence-corrected chi connectivity index (χ0v) is 16.5. The van der Waals surface area contributed by atoms with Gasteiger partial charge in [-0.25, -0.2) is 8.42 Å². The smallest absolute Gasteiger partial charge is 0.322 e. The van der Waals surface area contributed by atoms with Gasteiger partial charge >= 0.3 is 6.18 Å². The Kier molecular flexibility index (Phi) is 5.99. The molecule has 2 N–H and O–H groups in total. The van der Waals surface area contributed by atoms with Crippen LogP contribution in [-0.2, 0) is 16.2 Å². The van der Waals surface area contributed by atoms with Crippen molar-refractivity contribution in [1.82, 2.24) is 0 Å². The van der Waals surface area contributed by atoms with Crippen molar-refractivity contribution in [2.24, 2.45) is 0 Å². The summed E-state index contributed by atoms with van der Waals surface area (Å²) in [4.78, 5) is 12.1. The van der Waals surface area contributed by atoms with Crippen LogP contribution in [0, 0.1) is 11.3 Å². The predicted molar refractivity (Wildman–Crippen MR) is 108 cm³/mol. The summed E-state index contributed by atoms with van der Waals surface area (Å²) in [5.74, 6) is -0.523. The normalized spacial score (nSPS) is 11.4. The van der Waals surface area contributed by atoms with Crippen molar-refractivity contribution in [3.8, 4) is 6.07 Å². The second kappa shape index (κ2) is 8.49. The topological polar surface area (TPSA) is 99.1 Å². The third-order valence-electron chi connectivity index (χ3n) is 4.12. The van der Waals surface area contributed by atoms with E-state index in [1.807, 2.05) is 6.07 Å². The second-order valence-electron chi connectivity index (χ2n) is 6.36. The molecule has 0 atom stereocenters. The Morgan fingerprint density at radius 3 is 2.19 bits per heavy atom. The maximum atomic E-state index is 12.8. The number of anilines is 2. The van der Waals surface area contributed by atoms with Gasteiger partial charge in [-0.05, 0) is 60.7 Å². The lowest BCUT2D eigenvalue weighted by atomic mass is 10.2. The van der Waals surface area contributed by atoms with Crippen LogP contribution in [0.2, 0.25) is 0 Å². The lowest BCUT2D eigenvalue weighted by molar-refractivity contribution is -0.137. The molecule has 0 aliphatic heterocycles. The zero-order chi connectivity index (χ0) is 22.6. The summed E-state index contributed by atoms with van der Waals surface area (Å²) in [7, 11) is -4.17. The number of nitriles is 1. The number of hydrogen-bond donors (Lipinski definition) is 2. The third kappa shape index (κ3) is 5.40. The number of benzene rings is 3. The number of hydrogen-bond acceptors (Lipinski definition) is 4. The summed E-state index contributed by atoms with van der Waals surface area (Å²) in [6.45, 7) is 0. The summed E-state index contributed by atoms with van der Waals surface area (Å²) in [6.07, 6.45) is -4.61. The van der Waals surface area contributed by atoms with Gasteiger partial charge in [0.15, 0.2) is 0 Å². The van der Waals surface area contributed by atoms with Gasteiger partial charge in [-0.15, -0.1) is 0 Å². The van der Waals surface area contributed by atoms with Gasteiger partial charge in [0.05, 0.1) is 22.1 Å². The van der Waals surface area contributed by atoms with E-state index in [1.165, 1.54) is 24.3 Å². The lowest BCUT2D eigenvalue weighted by Gasteiger charge is -2.12. The third-order valence-corrected chi connectivity index (χ3v) is 5.52.